The predicted octanol–water partition coefficient (Wildman–Crippen LogP) is 5.49. The van der Waals surface area contributed by atoms with Crippen molar-refractivity contribution in [2.24, 2.45) is 0 Å². The summed E-state index contributed by atoms with van der Waals surface area (Å²) < 4.78 is 16.7. The first-order valence-electron chi connectivity index (χ1n) is 11.8. The highest BCUT2D eigenvalue weighted by atomic mass is 16.5. The van der Waals surface area contributed by atoms with E-state index in [0.717, 1.165) is 0 Å². The van der Waals surface area contributed by atoms with Gasteiger partial charge < -0.3 is 19.5 Å². The molecule has 0 bridgehead atoms. The number of hydrogen-bond donors (Lipinski definition) is 1. The number of imide groups is 1. The van der Waals surface area contributed by atoms with Crippen molar-refractivity contribution in [3.8, 4) is 23.0 Å². The van der Waals surface area contributed by atoms with Crippen molar-refractivity contribution in [2.45, 2.75) is 12.1 Å². The van der Waals surface area contributed by atoms with Crippen LogP contribution in [0.15, 0.2) is 103 Å². The second-order valence-corrected chi connectivity index (χ2v) is 8.55. The maximum absolute atomic E-state index is 14.2. The van der Waals surface area contributed by atoms with Gasteiger partial charge in [0, 0.05) is 5.56 Å². The third kappa shape index (κ3) is 4.47. The lowest BCUT2D eigenvalue weighted by Crippen LogP contribution is -2.45. The molecule has 1 aliphatic rings. The van der Waals surface area contributed by atoms with E-state index in [2.05, 4.69) is 5.32 Å². The zero-order chi connectivity index (χ0) is 25.8. The summed E-state index contributed by atoms with van der Waals surface area (Å²) in [5.41, 5.74) is 0.529. The average molecular weight is 495 g/mol. The van der Waals surface area contributed by atoms with E-state index in [-0.39, 0.29) is 12.5 Å². The molecule has 5 rings (SSSR count). The molecule has 1 fully saturated rings. The van der Waals surface area contributed by atoms with Gasteiger partial charge in [0.2, 0.25) is 0 Å². The fourth-order valence-corrected chi connectivity index (χ4v) is 4.48. The first-order valence-corrected chi connectivity index (χ1v) is 11.8. The molecule has 0 radical (unpaired) electrons. The number of nitrogens with zero attached hydrogens (tertiary/aromatic N) is 1. The van der Waals surface area contributed by atoms with Crippen molar-refractivity contribution in [3.05, 3.63) is 120 Å². The number of carbonyl (C=O) groups is 2. The largest absolute Gasteiger partial charge is 0.497 e. The van der Waals surface area contributed by atoms with Gasteiger partial charge in [-0.25, -0.2) is 4.79 Å². The number of urea groups is 1. The van der Waals surface area contributed by atoms with Crippen LogP contribution in [0.2, 0.25) is 0 Å². The molecular weight excluding hydrogens is 468 g/mol. The maximum Gasteiger partial charge on any atom is 0.325 e. The van der Waals surface area contributed by atoms with Crippen molar-refractivity contribution in [2.75, 3.05) is 14.2 Å². The van der Waals surface area contributed by atoms with Crippen LogP contribution in [-0.2, 0) is 16.9 Å². The summed E-state index contributed by atoms with van der Waals surface area (Å²) >= 11 is 0. The minimum atomic E-state index is -1.41. The van der Waals surface area contributed by atoms with Gasteiger partial charge in [-0.1, -0.05) is 60.7 Å². The van der Waals surface area contributed by atoms with E-state index in [4.69, 9.17) is 14.2 Å². The molecule has 0 saturated carbocycles. The summed E-state index contributed by atoms with van der Waals surface area (Å²) in [6.45, 7) is 0.0434. The number of rotatable bonds is 8. The van der Waals surface area contributed by atoms with Crippen LogP contribution in [0.4, 0.5) is 4.79 Å². The topological polar surface area (TPSA) is 77.1 Å². The SMILES string of the molecule is COc1ccc(C2(c3ccc(OC)cc3)NC(=O)N(Cc3ccccc3Oc3ccccc3)C2=O)cc1. The van der Waals surface area contributed by atoms with Gasteiger partial charge in [-0.15, -0.1) is 0 Å². The first-order chi connectivity index (χ1) is 18.0. The third-order valence-corrected chi connectivity index (χ3v) is 6.42. The predicted molar refractivity (Wildman–Crippen MR) is 139 cm³/mol. The fraction of sp³-hybridized carbons (Fsp3) is 0.133. The molecular formula is C30H26N2O5. The smallest absolute Gasteiger partial charge is 0.325 e. The van der Waals surface area contributed by atoms with Gasteiger partial charge >= 0.3 is 6.03 Å². The van der Waals surface area contributed by atoms with Gasteiger partial charge in [0.05, 0.1) is 20.8 Å². The standard InChI is InChI=1S/C30H26N2O5/c1-35-24-16-12-22(13-17-24)30(23-14-18-25(36-2)19-15-23)28(33)32(29(34)31-30)20-21-8-6-7-11-27(21)37-26-9-4-3-5-10-26/h3-19H,20H2,1-2H3,(H,31,34). The van der Waals surface area contributed by atoms with Crippen LogP contribution in [0.1, 0.15) is 16.7 Å². The molecule has 0 spiro atoms. The van der Waals surface area contributed by atoms with Crippen molar-refractivity contribution in [1.82, 2.24) is 10.2 Å². The Kier molecular flexibility index (Phi) is 6.51. The number of ether oxygens (including phenoxy) is 3. The highest BCUT2D eigenvalue weighted by Crippen LogP contribution is 2.39. The van der Waals surface area contributed by atoms with Gasteiger partial charge in [-0.2, -0.15) is 0 Å². The Bertz CT molecular complexity index is 1350. The Hall–Kier alpha value is -4.78. The van der Waals surface area contributed by atoms with Gasteiger partial charge in [-0.05, 0) is 53.6 Å². The molecule has 0 unspecified atom stereocenters. The first kappa shape index (κ1) is 23.9. The van der Waals surface area contributed by atoms with Crippen LogP contribution >= 0.6 is 0 Å². The van der Waals surface area contributed by atoms with Gasteiger partial charge in [-0.3, -0.25) is 9.69 Å². The molecule has 0 atom stereocenters. The summed E-state index contributed by atoms with van der Waals surface area (Å²) in [5, 5.41) is 2.98. The molecule has 1 heterocycles. The molecule has 4 aromatic rings. The minimum absolute atomic E-state index is 0.0434. The van der Waals surface area contributed by atoms with E-state index in [1.54, 1.807) is 62.8 Å². The Balaban J connectivity index is 1.53. The minimum Gasteiger partial charge on any atom is -0.497 e. The van der Waals surface area contributed by atoms with E-state index in [1.165, 1.54) is 4.90 Å². The Labute approximate surface area is 215 Å². The summed E-state index contributed by atoms with van der Waals surface area (Å²) in [4.78, 5) is 28.8. The van der Waals surface area contributed by atoms with Crippen LogP contribution in [0.5, 0.6) is 23.0 Å². The maximum atomic E-state index is 14.2. The zero-order valence-corrected chi connectivity index (χ0v) is 20.5. The fourth-order valence-electron chi connectivity index (χ4n) is 4.48. The molecule has 1 aliphatic heterocycles. The lowest BCUT2D eigenvalue weighted by Gasteiger charge is -2.28. The third-order valence-electron chi connectivity index (χ3n) is 6.42. The van der Waals surface area contributed by atoms with E-state index in [9.17, 15) is 9.59 Å². The lowest BCUT2D eigenvalue weighted by molar-refractivity contribution is -0.130. The molecule has 3 amide bonds. The number of methoxy groups -OCH3 is 2. The Morgan fingerprint density at radius 3 is 1.78 bits per heavy atom. The van der Waals surface area contributed by atoms with E-state index < -0.39 is 11.6 Å². The van der Waals surface area contributed by atoms with E-state index in [0.29, 0.717) is 39.7 Å². The lowest BCUT2D eigenvalue weighted by atomic mass is 9.82. The van der Waals surface area contributed by atoms with Crippen LogP contribution in [0, 0.1) is 0 Å². The van der Waals surface area contributed by atoms with Crippen LogP contribution in [0.25, 0.3) is 0 Å². The molecule has 0 aliphatic carbocycles. The number of para-hydroxylation sites is 2. The van der Waals surface area contributed by atoms with Crippen LogP contribution in [0.3, 0.4) is 0 Å². The molecule has 37 heavy (non-hydrogen) atoms. The van der Waals surface area contributed by atoms with Gasteiger partial charge in [0.25, 0.3) is 5.91 Å². The number of benzene rings is 4. The quantitative estimate of drug-likeness (QED) is 0.328. The second kappa shape index (κ2) is 10.1. The molecule has 0 aromatic heterocycles. The van der Waals surface area contributed by atoms with Crippen LogP contribution in [-0.4, -0.2) is 31.1 Å². The normalized spacial score (nSPS) is 14.3. The van der Waals surface area contributed by atoms with Gasteiger partial charge in [0.1, 0.15) is 23.0 Å². The van der Waals surface area contributed by atoms with Crippen molar-refractivity contribution in [3.63, 3.8) is 0 Å². The molecule has 4 aromatic carbocycles. The Morgan fingerprint density at radius 1 is 0.676 bits per heavy atom. The molecule has 1 saturated heterocycles. The van der Waals surface area contributed by atoms with Crippen molar-refractivity contribution >= 4 is 11.9 Å². The highest BCUT2D eigenvalue weighted by Gasteiger charge is 2.53. The number of amides is 3. The second-order valence-electron chi connectivity index (χ2n) is 8.55. The van der Waals surface area contributed by atoms with Gasteiger partial charge in [0.15, 0.2) is 5.54 Å². The summed E-state index contributed by atoms with van der Waals surface area (Å²) in [6, 6.07) is 30.5. The number of carbonyl (C=O) groups excluding carboxylic acids is 2. The summed E-state index contributed by atoms with van der Waals surface area (Å²) in [5.74, 6) is 2.14. The van der Waals surface area contributed by atoms with Crippen molar-refractivity contribution in [1.29, 1.82) is 0 Å². The molecule has 186 valence electrons. The molecule has 7 heteroatoms. The van der Waals surface area contributed by atoms with E-state index >= 15 is 0 Å². The summed E-state index contributed by atoms with van der Waals surface area (Å²) in [7, 11) is 3.15. The molecule has 1 N–H and O–H groups in total. The zero-order valence-electron chi connectivity index (χ0n) is 20.5. The number of nitrogens with one attached hydrogen (secondary N) is 1. The average Bonchev–Trinajstić information content (AvgIpc) is 3.20. The molecule has 7 nitrogen and oxygen atoms in total. The van der Waals surface area contributed by atoms with Crippen LogP contribution < -0.4 is 19.5 Å². The summed E-state index contributed by atoms with van der Waals surface area (Å²) in [6.07, 6.45) is 0. The monoisotopic (exact) mass is 494 g/mol. The Morgan fingerprint density at radius 2 is 1.22 bits per heavy atom. The number of hydrogen-bond acceptors (Lipinski definition) is 5. The van der Waals surface area contributed by atoms with E-state index in [1.807, 2.05) is 54.6 Å². The highest BCUT2D eigenvalue weighted by molar-refractivity contribution is 6.09. The van der Waals surface area contributed by atoms with Crippen molar-refractivity contribution < 1.29 is 23.8 Å².